The molecule has 5 nitrogen and oxygen atoms in total. The van der Waals surface area contributed by atoms with Crippen LogP contribution in [-0.4, -0.2) is 34.9 Å². The lowest BCUT2D eigenvalue weighted by Gasteiger charge is -2.23. The van der Waals surface area contributed by atoms with Crippen LogP contribution in [0.5, 0.6) is 5.75 Å². The molecule has 104 valence electrons. The number of nitrogens with zero attached hydrogens (tertiary/aromatic N) is 1. The fourth-order valence-corrected chi connectivity index (χ4v) is 1.92. The van der Waals surface area contributed by atoms with Gasteiger partial charge in [-0.05, 0) is 40.0 Å². The first kappa shape index (κ1) is 15.5. The predicted octanol–water partition coefficient (Wildman–Crippen LogP) is 1.74. The third-order valence-electron chi connectivity index (χ3n) is 2.41. The molecule has 0 atom stereocenters. The quantitative estimate of drug-likeness (QED) is 0.863. The van der Waals surface area contributed by atoms with Gasteiger partial charge in [0.05, 0.1) is 11.0 Å². The summed E-state index contributed by atoms with van der Waals surface area (Å²) in [4.78, 5) is 24.7. The molecule has 3 N–H and O–H groups in total. The minimum Gasteiger partial charge on any atom is -0.507 e. The molecule has 0 saturated carbocycles. The lowest BCUT2D eigenvalue weighted by atomic mass is 10.1. The largest absolute Gasteiger partial charge is 0.507 e. The van der Waals surface area contributed by atoms with E-state index >= 15 is 0 Å². The smallest absolute Gasteiger partial charge is 0.254 e. The van der Waals surface area contributed by atoms with Crippen molar-refractivity contribution in [3.05, 3.63) is 28.2 Å². The number of halogens is 1. The first-order chi connectivity index (χ1) is 8.81. The molecule has 2 amide bonds. The molecule has 6 heteroatoms. The van der Waals surface area contributed by atoms with E-state index in [0.29, 0.717) is 16.6 Å². The average Bonchev–Trinajstić information content (AvgIpc) is 2.29. The van der Waals surface area contributed by atoms with E-state index in [1.807, 2.05) is 13.8 Å². The monoisotopic (exact) mass is 328 g/mol. The SMILES string of the molecule is CC(C)CN(CC(N)=O)C(=O)c1ccc(Br)c(O)c1. The fraction of sp³-hybridized carbons (Fsp3) is 0.385. The van der Waals surface area contributed by atoms with Crippen LogP contribution in [0.4, 0.5) is 0 Å². The number of amides is 2. The van der Waals surface area contributed by atoms with Crippen molar-refractivity contribution in [3.63, 3.8) is 0 Å². The van der Waals surface area contributed by atoms with Gasteiger partial charge in [-0.25, -0.2) is 0 Å². The van der Waals surface area contributed by atoms with Crippen LogP contribution >= 0.6 is 15.9 Å². The molecule has 0 radical (unpaired) electrons. The van der Waals surface area contributed by atoms with Crippen LogP contribution in [0, 0.1) is 5.92 Å². The second-order valence-corrected chi connectivity index (χ2v) is 5.57. The number of primary amides is 1. The number of hydrogen-bond donors (Lipinski definition) is 2. The number of hydrogen-bond acceptors (Lipinski definition) is 3. The standard InChI is InChI=1S/C13H17BrN2O3/c1-8(2)6-16(7-12(15)18)13(19)9-3-4-10(14)11(17)5-9/h3-5,8,17H,6-7H2,1-2H3,(H2,15,18). The summed E-state index contributed by atoms with van der Waals surface area (Å²) in [6.45, 7) is 4.19. The molecule has 0 fully saturated rings. The van der Waals surface area contributed by atoms with Gasteiger partial charge >= 0.3 is 0 Å². The molecule has 19 heavy (non-hydrogen) atoms. The summed E-state index contributed by atoms with van der Waals surface area (Å²) >= 11 is 3.15. The molecule has 0 saturated heterocycles. The van der Waals surface area contributed by atoms with Crippen LogP contribution in [0.3, 0.4) is 0 Å². The first-order valence-corrected chi connectivity index (χ1v) is 6.66. The van der Waals surface area contributed by atoms with Gasteiger partial charge in [-0.1, -0.05) is 13.8 Å². The zero-order valence-electron chi connectivity index (χ0n) is 10.9. The third kappa shape index (κ3) is 4.55. The minimum absolute atomic E-state index is 0.0191. The van der Waals surface area contributed by atoms with Crippen LogP contribution < -0.4 is 5.73 Å². The van der Waals surface area contributed by atoms with E-state index < -0.39 is 5.91 Å². The van der Waals surface area contributed by atoms with Gasteiger partial charge in [0.1, 0.15) is 5.75 Å². The summed E-state index contributed by atoms with van der Waals surface area (Å²) < 4.78 is 0.509. The van der Waals surface area contributed by atoms with E-state index in [4.69, 9.17) is 5.73 Å². The van der Waals surface area contributed by atoms with Crippen molar-refractivity contribution in [2.24, 2.45) is 11.7 Å². The van der Waals surface area contributed by atoms with E-state index in [9.17, 15) is 14.7 Å². The van der Waals surface area contributed by atoms with Gasteiger partial charge in [-0.15, -0.1) is 0 Å². The highest BCUT2D eigenvalue weighted by atomic mass is 79.9. The molecule has 0 bridgehead atoms. The summed E-state index contributed by atoms with van der Waals surface area (Å²) in [5, 5.41) is 9.59. The maximum Gasteiger partial charge on any atom is 0.254 e. The highest BCUT2D eigenvalue weighted by molar-refractivity contribution is 9.10. The molecule has 0 aliphatic carbocycles. The number of carbonyl (C=O) groups is 2. The normalized spacial score (nSPS) is 10.5. The Morgan fingerprint density at radius 1 is 1.42 bits per heavy atom. The van der Waals surface area contributed by atoms with E-state index in [0.717, 1.165) is 0 Å². The Morgan fingerprint density at radius 3 is 2.53 bits per heavy atom. The van der Waals surface area contributed by atoms with Crippen molar-refractivity contribution >= 4 is 27.7 Å². The van der Waals surface area contributed by atoms with Crippen molar-refractivity contribution in [1.82, 2.24) is 4.90 Å². The zero-order chi connectivity index (χ0) is 14.6. The number of nitrogens with two attached hydrogens (primary N) is 1. The molecule has 1 aromatic rings. The van der Waals surface area contributed by atoms with Gasteiger partial charge in [-0.3, -0.25) is 9.59 Å². The van der Waals surface area contributed by atoms with E-state index in [1.54, 1.807) is 12.1 Å². The van der Waals surface area contributed by atoms with Gasteiger partial charge in [0.15, 0.2) is 0 Å². The highest BCUT2D eigenvalue weighted by Crippen LogP contribution is 2.25. The fourth-order valence-electron chi connectivity index (χ4n) is 1.68. The maximum absolute atomic E-state index is 12.3. The molecular weight excluding hydrogens is 312 g/mol. The Hall–Kier alpha value is -1.56. The molecular formula is C13H17BrN2O3. The molecule has 0 unspecified atom stereocenters. The Kier molecular flexibility index (Phi) is 5.35. The van der Waals surface area contributed by atoms with Crippen LogP contribution in [0.2, 0.25) is 0 Å². The van der Waals surface area contributed by atoms with E-state index in [-0.39, 0.29) is 24.1 Å². The van der Waals surface area contributed by atoms with Crippen LogP contribution in [0.1, 0.15) is 24.2 Å². The number of benzene rings is 1. The van der Waals surface area contributed by atoms with E-state index in [1.165, 1.54) is 11.0 Å². The van der Waals surface area contributed by atoms with Crippen LogP contribution in [0.15, 0.2) is 22.7 Å². The number of rotatable bonds is 5. The topological polar surface area (TPSA) is 83.6 Å². The van der Waals surface area contributed by atoms with Crippen molar-refractivity contribution in [2.45, 2.75) is 13.8 Å². The molecule has 1 aromatic carbocycles. The molecule has 0 aliphatic heterocycles. The predicted molar refractivity (Wildman–Crippen MR) is 75.7 cm³/mol. The Balaban J connectivity index is 2.97. The Bertz CT molecular complexity index is 489. The van der Waals surface area contributed by atoms with Gasteiger partial charge in [-0.2, -0.15) is 0 Å². The summed E-state index contributed by atoms with van der Waals surface area (Å²) in [7, 11) is 0. The number of phenolic OH excluding ortho intramolecular Hbond substituents is 1. The number of phenols is 1. The summed E-state index contributed by atoms with van der Waals surface area (Å²) in [5.74, 6) is -0.688. The van der Waals surface area contributed by atoms with Crippen molar-refractivity contribution in [3.8, 4) is 5.75 Å². The van der Waals surface area contributed by atoms with Crippen LogP contribution in [-0.2, 0) is 4.79 Å². The summed E-state index contributed by atoms with van der Waals surface area (Å²) in [6, 6.07) is 4.53. The van der Waals surface area contributed by atoms with Gasteiger partial charge < -0.3 is 15.7 Å². The van der Waals surface area contributed by atoms with Crippen molar-refractivity contribution in [2.75, 3.05) is 13.1 Å². The van der Waals surface area contributed by atoms with Crippen molar-refractivity contribution in [1.29, 1.82) is 0 Å². The molecule has 0 aromatic heterocycles. The summed E-state index contributed by atoms with van der Waals surface area (Å²) in [6.07, 6.45) is 0. The molecule has 0 heterocycles. The van der Waals surface area contributed by atoms with E-state index in [2.05, 4.69) is 15.9 Å². The lowest BCUT2D eigenvalue weighted by molar-refractivity contribution is -0.118. The van der Waals surface area contributed by atoms with Gasteiger partial charge in [0, 0.05) is 12.1 Å². The highest BCUT2D eigenvalue weighted by Gasteiger charge is 2.19. The lowest BCUT2D eigenvalue weighted by Crippen LogP contribution is -2.40. The number of carbonyl (C=O) groups excluding carboxylic acids is 2. The Morgan fingerprint density at radius 2 is 2.05 bits per heavy atom. The van der Waals surface area contributed by atoms with Crippen LogP contribution in [0.25, 0.3) is 0 Å². The van der Waals surface area contributed by atoms with Gasteiger partial charge in [0.2, 0.25) is 5.91 Å². The Labute approximate surface area is 120 Å². The zero-order valence-corrected chi connectivity index (χ0v) is 12.5. The molecule has 1 rings (SSSR count). The third-order valence-corrected chi connectivity index (χ3v) is 3.08. The van der Waals surface area contributed by atoms with Gasteiger partial charge in [0.25, 0.3) is 5.91 Å². The average molecular weight is 329 g/mol. The van der Waals surface area contributed by atoms with Crippen molar-refractivity contribution < 1.29 is 14.7 Å². The summed E-state index contributed by atoms with van der Waals surface area (Å²) in [5.41, 5.74) is 5.47. The first-order valence-electron chi connectivity index (χ1n) is 5.87. The number of aromatic hydroxyl groups is 1. The second kappa shape index (κ2) is 6.56. The maximum atomic E-state index is 12.3. The second-order valence-electron chi connectivity index (χ2n) is 4.71. The molecule has 0 aliphatic rings. The minimum atomic E-state index is -0.560. The molecule has 0 spiro atoms.